The molecule has 1 aromatic carbocycles. The minimum absolute atomic E-state index is 0.106. The molecule has 150 valence electrons. The number of carbonyl (C=O) groups is 2. The summed E-state index contributed by atoms with van der Waals surface area (Å²) in [5, 5.41) is 0.371. The first-order chi connectivity index (χ1) is 13.0. The molecular formula is C20H29ClN2O4. The lowest BCUT2D eigenvalue weighted by Gasteiger charge is -2.23. The zero-order valence-electron chi connectivity index (χ0n) is 16.4. The summed E-state index contributed by atoms with van der Waals surface area (Å²) in [4.78, 5) is 28.5. The fraction of sp³-hybridized carbons (Fsp3) is 0.600. The number of halogens is 1. The molecule has 0 atom stereocenters. The van der Waals surface area contributed by atoms with Crippen LogP contribution in [0.4, 0.5) is 0 Å². The molecule has 1 aliphatic heterocycles. The molecule has 7 heteroatoms. The second-order valence-corrected chi connectivity index (χ2v) is 6.85. The molecule has 0 aromatic heterocycles. The van der Waals surface area contributed by atoms with Gasteiger partial charge in [-0.1, -0.05) is 25.4 Å². The highest BCUT2D eigenvalue weighted by molar-refractivity contribution is 6.32. The van der Waals surface area contributed by atoms with E-state index in [1.165, 1.54) is 0 Å². The summed E-state index contributed by atoms with van der Waals surface area (Å²) in [5.41, 5.74) is 0.475. The highest BCUT2D eigenvalue weighted by Gasteiger charge is 2.24. The maximum absolute atomic E-state index is 13.0. The maximum Gasteiger partial charge on any atom is 0.254 e. The van der Waals surface area contributed by atoms with Crippen molar-refractivity contribution in [3.8, 4) is 11.5 Å². The highest BCUT2D eigenvalue weighted by atomic mass is 35.5. The van der Waals surface area contributed by atoms with Crippen LogP contribution >= 0.6 is 11.6 Å². The van der Waals surface area contributed by atoms with Crippen LogP contribution in [0.5, 0.6) is 11.5 Å². The zero-order chi connectivity index (χ0) is 19.8. The largest absolute Gasteiger partial charge is 0.490 e. The van der Waals surface area contributed by atoms with Crippen molar-refractivity contribution in [2.45, 2.75) is 40.0 Å². The Morgan fingerprint density at radius 3 is 2.41 bits per heavy atom. The van der Waals surface area contributed by atoms with Crippen LogP contribution in [0.3, 0.4) is 0 Å². The van der Waals surface area contributed by atoms with Crippen molar-refractivity contribution >= 4 is 23.4 Å². The number of hydrogen-bond acceptors (Lipinski definition) is 4. The summed E-state index contributed by atoms with van der Waals surface area (Å²) in [5.74, 6) is 0.987. The lowest BCUT2D eigenvalue weighted by molar-refractivity contribution is -0.130. The molecule has 0 aliphatic carbocycles. The fourth-order valence-corrected chi connectivity index (χ4v) is 3.34. The van der Waals surface area contributed by atoms with E-state index in [-0.39, 0.29) is 11.8 Å². The van der Waals surface area contributed by atoms with Crippen LogP contribution < -0.4 is 9.47 Å². The molecule has 0 unspecified atom stereocenters. The molecule has 0 bridgehead atoms. The van der Waals surface area contributed by atoms with E-state index in [1.54, 1.807) is 17.0 Å². The van der Waals surface area contributed by atoms with Crippen LogP contribution in [-0.4, -0.2) is 61.0 Å². The van der Waals surface area contributed by atoms with Gasteiger partial charge in [0.1, 0.15) is 0 Å². The van der Waals surface area contributed by atoms with Gasteiger partial charge in [0, 0.05) is 38.2 Å². The first-order valence-electron chi connectivity index (χ1n) is 9.67. The van der Waals surface area contributed by atoms with Crippen molar-refractivity contribution in [1.82, 2.24) is 9.80 Å². The highest BCUT2D eigenvalue weighted by Crippen LogP contribution is 2.37. The van der Waals surface area contributed by atoms with Gasteiger partial charge in [-0.3, -0.25) is 9.59 Å². The van der Waals surface area contributed by atoms with Gasteiger partial charge in [-0.25, -0.2) is 0 Å². The lowest BCUT2D eigenvalue weighted by Crippen LogP contribution is -2.37. The second kappa shape index (κ2) is 10.4. The van der Waals surface area contributed by atoms with E-state index in [2.05, 4.69) is 0 Å². The number of rotatable bonds is 7. The average Bonchev–Trinajstić information content (AvgIpc) is 2.92. The van der Waals surface area contributed by atoms with Gasteiger partial charge in [-0.2, -0.15) is 0 Å². The lowest BCUT2D eigenvalue weighted by atomic mass is 10.1. The number of carbonyl (C=O) groups excluding carboxylic acids is 2. The van der Waals surface area contributed by atoms with Crippen molar-refractivity contribution in [3.05, 3.63) is 22.7 Å². The monoisotopic (exact) mass is 396 g/mol. The summed E-state index contributed by atoms with van der Waals surface area (Å²) in [6.07, 6.45) is 2.10. The van der Waals surface area contributed by atoms with Crippen molar-refractivity contribution in [1.29, 1.82) is 0 Å². The van der Waals surface area contributed by atoms with E-state index in [0.717, 1.165) is 12.8 Å². The smallest absolute Gasteiger partial charge is 0.254 e. The third-order valence-electron chi connectivity index (χ3n) is 4.45. The summed E-state index contributed by atoms with van der Waals surface area (Å²) in [6.45, 7) is 9.10. The maximum atomic E-state index is 13.0. The van der Waals surface area contributed by atoms with Crippen molar-refractivity contribution in [2.75, 3.05) is 39.4 Å². The Labute approximate surface area is 166 Å². The van der Waals surface area contributed by atoms with Crippen LogP contribution in [0.15, 0.2) is 12.1 Å². The topological polar surface area (TPSA) is 59.1 Å². The van der Waals surface area contributed by atoms with Crippen molar-refractivity contribution < 1.29 is 19.1 Å². The van der Waals surface area contributed by atoms with Gasteiger partial charge in [0.2, 0.25) is 5.91 Å². The Hall–Kier alpha value is -1.95. The minimum atomic E-state index is -0.106. The molecule has 1 heterocycles. The van der Waals surface area contributed by atoms with E-state index < -0.39 is 0 Å². The molecule has 2 rings (SSSR count). The third-order valence-corrected chi connectivity index (χ3v) is 4.73. The summed E-state index contributed by atoms with van der Waals surface area (Å²) in [7, 11) is 0. The van der Waals surface area contributed by atoms with Gasteiger partial charge in [-0.15, -0.1) is 0 Å². The summed E-state index contributed by atoms with van der Waals surface area (Å²) < 4.78 is 11.3. The predicted molar refractivity (Wildman–Crippen MR) is 106 cm³/mol. The Bertz CT molecular complexity index is 666. The number of amides is 2. The van der Waals surface area contributed by atoms with Crippen molar-refractivity contribution in [3.63, 3.8) is 0 Å². The van der Waals surface area contributed by atoms with E-state index in [0.29, 0.717) is 67.9 Å². The molecule has 1 saturated heterocycles. The number of ether oxygens (including phenoxy) is 2. The normalized spacial score (nSPS) is 14.7. The first kappa shape index (κ1) is 21.4. The molecule has 0 saturated carbocycles. The van der Waals surface area contributed by atoms with E-state index in [9.17, 15) is 9.59 Å². The summed E-state index contributed by atoms with van der Waals surface area (Å²) >= 11 is 6.38. The molecular weight excluding hydrogens is 368 g/mol. The van der Waals surface area contributed by atoms with Crippen LogP contribution in [-0.2, 0) is 4.79 Å². The zero-order valence-corrected chi connectivity index (χ0v) is 17.2. The van der Waals surface area contributed by atoms with Gasteiger partial charge < -0.3 is 19.3 Å². The van der Waals surface area contributed by atoms with Gasteiger partial charge in [0.05, 0.1) is 18.2 Å². The van der Waals surface area contributed by atoms with Gasteiger partial charge in [0.25, 0.3) is 5.91 Å². The van der Waals surface area contributed by atoms with Crippen LogP contribution in [0.2, 0.25) is 5.02 Å². The van der Waals surface area contributed by atoms with Gasteiger partial charge in [-0.05, 0) is 31.9 Å². The third kappa shape index (κ3) is 5.51. The number of benzene rings is 1. The minimum Gasteiger partial charge on any atom is -0.490 e. The molecule has 6 nitrogen and oxygen atoms in total. The Balaban J connectivity index is 2.18. The van der Waals surface area contributed by atoms with Crippen LogP contribution in [0.1, 0.15) is 50.4 Å². The van der Waals surface area contributed by atoms with Crippen LogP contribution in [0.25, 0.3) is 0 Å². The molecule has 0 spiro atoms. The van der Waals surface area contributed by atoms with E-state index in [4.69, 9.17) is 21.1 Å². The van der Waals surface area contributed by atoms with E-state index in [1.807, 2.05) is 25.7 Å². The molecule has 2 amide bonds. The van der Waals surface area contributed by atoms with Crippen molar-refractivity contribution in [2.24, 2.45) is 0 Å². The molecule has 1 fully saturated rings. The Morgan fingerprint density at radius 1 is 1.04 bits per heavy atom. The summed E-state index contributed by atoms with van der Waals surface area (Å²) in [6, 6.07) is 3.33. The van der Waals surface area contributed by atoms with Gasteiger partial charge in [0.15, 0.2) is 11.5 Å². The Morgan fingerprint density at radius 2 is 1.74 bits per heavy atom. The Kier molecular flexibility index (Phi) is 8.23. The quantitative estimate of drug-likeness (QED) is 0.706. The fourth-order valence-electron chi connectivity index (χ4n) is 3.07. The molecule has 1 aromatic rings. The average molecular weight is 397 g/mol. The van der Waals surface area contributed by atoms with Crippen LogP contribution in [0, 0.1) is 0 Å². The molecule has 0 radical (unpaired) electrons. The first-order valence-corrected chi connectivity index (χ1v) is 10.1. The van der Waals surface area contributed by atoms with Gasteiger partial charge >= 0.3 is 0 Å². The SMILES string of the molecule is CCCOc1c(Cl)cc(C(=O)N2CCCN(C(=O)CC)CC2)cc1OCC. The van der Waals surface area contributed by atoms with E-state index >= 15 is 0 Å². The molecule has 27 heavy (non-hydrogen) atoms. The predicted octanol–water partition coefficient (Wildman–Crippen LogP) is 3.61. The number of nitrogens with zero attached hydrogens (tertiary/aromatic N) is 2. The molecule has 0 N–H and O–H groups in total. The number of hydrogen-bond donors (Lipinski definition) is 0. The molecule has 1 aliphatic rings. The standard InChI is InChI=1S/C20H29ClN2O4/c1-4-12-27-19-16(21)13-15(14-17(19)26-6-3)20(25)23-9-7-8-22(10-11-23)18(24)5-2/h13-14H,4-12H2,1-3H3. The second-order valence-electron chi connectivity index (χ2n) is 6.45.